The molecule has 0 radical (unpaired) electrons. The van der Waals surface area contributed by atoms with Crippen molar-refractivity contribution in [3.63, 3.8) is 0 Å². The number of fused-ring (bicyclic) bond motifs is 3. The van der Waals surface area contributed by atoms with Crippen LogP contribution in [0.5, 0.6) is 5.75 Å². The number of carbonyl (C=O) groups is 2. The molecule has 1 aromatic heterocycles. The van der Waals surface area contributed by atoms with Crippen molar-refractivity contribution in [3.8, 4) is 5.75 Å². The van der Waals surface area contributed by atoms with E-state index in [0.717, 1.165) is 62.0 Å². The number of ether oxygens (including phenoxy) is 1. The van der Waals surface area contributed by atoms with Gasteiger partial charge in [-0.3, -0.25) is 9.59 Å². The van der Waals surface area contributed by atoms with E-state index in [1.807, 2.05) is 40.7 Å². The molecular weight excluding hydrogens is 428 g/mol. The highest BCUT2D eigenvalue weighted by Gasteiger charge is 2.48. The van der Waals surface area contributed by atoms with Crippen LogP contribution in [0.3, 0.4) is 0 Å². The maximum Gasteiger partial charge on any atom is 0.271 e. The van der Waals surface area contributed by atoms with Gasteiger partial charge < -0.3 is 24.4 Å². The molecule has 3 heterocycles. The normalized spacial score (nSPS) is 24.3. The lowest BCUT2D eigenvalue weighted by Gasteiger charge is -2.45. The second-order valence-corrected chi connectivity index (χ2v) is 10.5. The highest BCUT2D eigenvalue weighted by molar-refractivity contribution is 6.03. The third-order valence-corrected chi connectivity index (χ3v) is 8.16. The van der Waals surface area contributed by atoms with Crippen molar-refractivity contribution in [2.24, 2.45) is 0 Å². The Bertz CT molecular complexity index is 1050. The number of nitrogens with zero attached hydrogens (tertiary/aromatic N) is 3. The van der Waals surface area contributed by atoms with Gasteiger partial charge in [-0.2, -0.15) is 0 Å². The van der Waals surface area contributed by atoms with Crippen LogP contribution in [0.15, 0.2) is 24.3 Å². The zero-order valence-electron chi connectivity index (χ0n) is 20.6. The van der Waals surface area contributed by atoms with Crippen molar-refractivity contribution < 1.29 is 14.3 Å². The van der Waals surface area contributed by atoms with Crippen molar-refractivity contribution in [3.05, 3.63) is 30.0 Å². The van der Waals surface area contributed by atoms with Gasteiger partial charge in [0.25, 0.3) is 5.91 Å². The molecule has 1 saturated heterocycles. The molecule has 1 atom stereocenters. The summed E-state index contributed by atoms with van der Waals surface area (Å²) in [4.78, 5) is 32.0. The molecule has 2 aromatic rings. The number of likely N-dealkylation sites (tertiary alicyclic amines) is 1. The molecule has 5 rings (SSSR count). The van der Waals surface area contributed by atoms with Gasteiger partial charge in [0, 0.05) is 30.6 Å². The molecule has 0 spiro atoms. The Balaban J connectivity index is 1.48. The van der Waals surface area contributed by atoms with E-state index in [2.05, 4.69) is 10.2 Å². The summed E-state index contributed by atoms with van der Waals surface area (Å²) in [6, 6.07) is 8.04. The molecule has 184 valence electrons. The maximum absolute atomic E-state index is 13.9. The number of methoxy groups -OCH3 is 1. The number of hydrogen-bond acceptors (Lipinski definition) is 4. The molecule has 7 nitrogen and oxygen atoms in total. The molecule has 0 bridgehead atoms. The van der Waals surface area contributed by atoms with Crippen LogP contribution in [-0.4, -0.2) is 71.1 Å². The molecule has 3 aliphatic rings. The lowest BCUT2D eigenvalue weighted by atomic mass is 9.93. The molecule has 1 aromatic carbocycles. The van der Waals surface area contributed by atoms with Crippen LogP contribution < -0.4 is 10.1 Å². The van der Waals surface area contributed by atoms with Gasteiger partial charge in [-0.15, -0.1) is 0 Å². The summed E-state index contributed by atoms with van der Waals surface area (Å²) in [5, 5.41) is 4.35. The second-order valence-electron chi connectivity index (χ2n) is 10.5. The summed E-state index contributed by atoms with van der Waals surface area (Å²) in [7, 11) is 1.65. The number of carbonyl (C=O) groups excluding carboxylic acids is 2. The number of hydrogen-bond donors (Lipinski definition) is 1. The van der Waals surface area contributed by atoms with Crippen molar-refractivity contribution in [2.75, 3.05) is 33.3 Å². The monoisotopic (exact) mass is 466 g/mol. The predicted molar refractivity (Wildman–Crippen MR) is 133 cm³/mol. The Hall–Kier alpha value is -2.54. The van der Waals surface area contributed by atoms with E-state index in [4.69, 9.17) is 4.74 Å². The Labute approximate surface area is 202 Å². The first-order valence-electron chi connectivity index (χ1n) is 13.0. The molecule has 34 heavy (non-hydrogen) atoms. The Morgan fingerprint density at radius 1 is 1.06 bits per heavy atom. The first-order chi connectivity index (χ1) is 16.5. The van der Waals surface area contributed by atoms with Gasteiger partial charge in [-0.25, -0.2) is 0 Å². The smallest absolute Gasteiger partial charge is 0.271 e. The quantitative estimate of drug-likeness (QED) is 0.658. The summed E-state index contributed by atoms with van der Waals surface area (Å²) in [5.74, 6) is 0.672. The largest absolute Gasteiger partial charge is 0.497 e. The molecule has 0 unspecified atom stereocenters. The number of benzene rings is 1. The highest BCUT2D eigenvalue weighted by atomic mass is 16.5. The van der Waals surface area contributed by atoms with Gasteiger partial charge in [0.2, 0.25) is 5.91 Å². The molecule has 2 aliphatic heterocycles. The molecule has 1 N–H and O–H groups in total. The van der Waals surface area contributed by atoms with Gasteiger partial charge in [0.1, 0.15) is 17.0 Å². The van der Waals surface area contributed by atoms with E-state index in [-0.39, 0.29) is 17.9 Å². The number of rotatable bonds is 6. The van der Waals surface area contributed by atoms with Crippen LogP contribution in [0.25, 0.3) is 10.9 Å². The molecule has 2 amide bonds. The van der Waals surface area contributed by atoms with Gasteiger partial charge >= 0.3 is 0 Å². The minimum absolute atomic E-state index is 0.0235. The van der Waals surface area contributed by atoms with E-state index in [1.54, 1.807) is 7.11 Å². The highest BCUT2D eigenvalue weighted by Crippen LogP contribution is 2.34. The molecular formula is C27H38N4O3. The van der Waals surface area contributed by atoms with E-state index in [0.29, 0.717) is 18.8 Å². The first-order valence-corrected chi connectivity index (χ1v) is 13.0. The molecule has 7 heteroatoms. The SMILES string of the molecule is COc1ccc2cc3n(c2c1)C[C@](C)(C(=O)NC1CCCCCC1)N(CCN1CCCC1)C3=O. The zero-order chi connectivity index (χ0) is 23.7. The molecule has 1 aliphatic carbocycles. The number of nitrogens with one attached hydrogen (secondary N) is 1. The predicted octanol–water partition coefficient (Wildman–Crippen LogP) is 3.80. The summed E-state index contributed by atoms with van der Waals surface area (Å²) in [6.45, 7) is 5.93. The van der Waals surface area contributed by atoms with Gasteiger partial charge in [-0.1, -0.05) is 25.7 Å². The van der Waals surface area contributed by atoms with Crippen molar-refractivity contribution in [2.45, 2.75) is 76.4 Å². The standard InChI is InChI=1S/C27H38N4O3/c1-27(26(33)28-21-9-5-3-4-6-10-21)19-30-23-18-22(34-2)12-11-20(23)17-24(30)25(32)31(27)16-15-29-13-7-8-14-29/h11-12,17-18,21H,3-10,13-16,19H2,1-2H3,(H,28,33)/t27-/m1/s1. The Morgan fingerprint density at radius 3 is 2.50 bits per heavy atom. The van der Waals surface area contributed by atoms with Crippen LogP contribution >= 0.6 is 0 Å². The van der Waals surface area contributed by atoms with E-state index in [1.165, 1.54) is 25.7 Å². The zero-order valence-corrected chi connectivity index (χ0v) is 20.6. The van der Waals surface area contributed by atoms with Crippen LogP contribution in [0, 0.1) is 0 Å². The minimum atomic E-state index is -0.939. The second kappa shape index (κ2) is 9.61. The lowest BCUT2D eigenvalue weighted by Crippen LogP contribution is -2.65. The number of aromatic nitrogens is 1. The topological polar surface area (TPSA) is 66.8 Å². The average Bonchev–Trinajstić information content (AvgIpc) is 3.40. The van der Waals surface area contributed by atoms with Crippen molar-refractivity contribution in [1.82, 2.24) is 19.7 Å². The first kappa shape index (κ1) is 23.2. The third kappa shape index (κ3) is 4.30. The van der Waals surface area contributed by atoms with Gasteiger partial charge in [-0.05, 0) is 63.9 Å². The van der Waals surface area contributed by atoms with Crippen molar-refractivity contribution >= 4 is 22.7 Å². The van der Waals surface area contributed by atoms with Crippen LogP contribution in [0.4, 0.5) is 0 Å². The summed E-state index contributed by atoms with van der Waals surface area (Å²) in [5.41, 5.74) is 0.658. The Kier molecular flexibility index (Phi) is 6.56. The summed E-state index contributed by atoms with van der Waals surface area (Å²) in [6.07, 6.45) is 9.27. The fourth-order valence-electron chi connectivity index (χ4n) is 6.02. The summed E-state index contributed by atoms with van der Waals surface area (Å²) < 4.78 is 7.47. The van der Waals surface area contributed by atoms with Crippen molar-refractivity contribution in [1.29, 1.82) is 0 Å². The van der Waals surface area contributed by atoms with Gasteiger partial charge in [0.05, 0.1) is 19.2 Å². The molecule has 1 saturated carbocycles. The average molecular weight is 467 g/mol. The third-order valence-electron chi connectivity index (χ3n) is 8.16. The Morgan fingerprint density at radius 2 is 1.79 bits per heavy atom. The molecule has 2 fully saturated rings. The van der Waals surface area contributed by atoms with Crippen LogP contribution in [-0.2, 0) is 11.3 Å². The fourth-order valence-corrected chi connectivity index (χ4v) is 6.02. The summed E-state index contributed by atoms with van der Waals surface area (Å²) >= 11 is 0. The van der Waals surface area contributed by atoms with Crippen LogP contribution in [0.2, 0.25) is 0 Å². The van der Waals surface area contributed by atoms with E-state index in [9.17, 15) is 9.59 Å². The minimum Gasteiger partial charge on any atom is -0.497 e. The fraction of sp³-hybridized carbons (Fsp3) is 0.630. The lowest BCUT2D eigenvalue weighted by molar-refractivity contribution is -0.133. The van der Waals surface area contributed by atoms with Crippen LogP contribution in [0.1, 0.15) is 68.8 Å². The van der Waals surface area contributed by atoms with E-state index < -0.39 is 5.54 Å². The number of amides is 2. The van der Waals surface area contributed by atoms with E-state index >= 15 is 0 Å². The maximum atomic E-state index is 13.9. The van der Waals surface area contributed by atoms with Gasteiger partial charge in [0.15, 0.2) is 0 Å².